The lowest BCUT2D eigenvalue weighted by Crippen LogP contribution is -2.53. The zero-order valence-electron chi connectivity index (χ0n) is 12.3. The molecule has 0 amide bonds. The van der Waals surface area contributed by atoms with Crippen molar-refractivity contribution in [1.82, 2.24) is 4.90 Å². The van der Waals surface area contributed by atoms with Crippen molar-refractivity contribution in [2.45, 2.75) is 70.1 Å². The van der Waals surface area contributed by atoms with Gasteiger partial charge in [0.25, 0.3) is 0 Å². The molecule has 1 saturated carbocycles. The third-order valence-electron chi connectivity index (χ3n) is 5.30. The lowest BCUT2D eigenvalue weighted by Gasteiger charge is -2.46. The van der Waals surface area contributed by atoms with Crippen LogP contribution in [0.2, 0.25) is 0 Å². The number of alkyl halides is 3. The Hall–Kier alpha value is -0.290. The summed E-state index contributed by atoms with van der Waals surface area (Å²) >= 11 is 0. The van der Waals surface area contributed by atoms with Crippen LogP contribution in [0.4, 0.5) is 13.2 Å². The Balaban J connectivity index is 1.99. The van der Waals surface area contributed by atoms with E-state index in [2.05, 4.69) is 11.8 Å². The third kappa shape index (κ3) is 3.67. The Labute approximate surface area is 119 Å². The Morgan fingerprint density at radius 3 is 2.50 bits per heavy atom. The summed E-state index contributed by atoms with van der Waals surface area (Å²) in [6.07, 6.45) is 1.47. The van der Waals surface area contributed by atoms with Crippen LogP contribution in [0.3, 0.4) is 0 Å². The predicted molar refractivity (Wildman–Crippen MR) is 74.4 cm³/mol. The maximum atomic E-state index is 12.9. The van der Waals surface area contributed by atoms with Gasteiger partial charge in [0.15, 0.2) is 0 Å². The fourth-order valence-corrected chi connectivity index (χ4v) is 4.00. The second-order valence-electron chi connectivity index (χ2n) is 6.48. The molecular weight excluding hydrogens is 265 g/mol. The van der Waals surface area contributed by atoms with Gasteiger partial charge in [-0.05, 0) is 44.6 Å². The van der Waals surface area contributed by atoms with Crippen molar-refractivity contribution in [3.63, 3.8) is 0 Å². The maximum absolute atomic E-state index is 12.9. The predicted octanol–water partition coefficient (Wildman–Crippen LogP) is 3.56. The van der Waals surface area contributed by atoms with Crippen molar-refractivity contribution in [2.24, 2.45) is 17.6 Å². The van der Waals surface area contributed by atoms with Gasteiger partial charge < -0.3 is 5.73 Å². The number of hydrogen-bond donors (Lipinski definition) is 1. The lowest BCUT2D eigenvalue weighted by atomic mass is 9.81. The highest BCUT2D eigenvalue weighted by Crippen LogP contribution is 2.40. The molecular formula is C15H27F3N2. The molecule has 118 valence electrons. The van der Waals surface area contributed by atoms with Gasteiger partial charge in [-0.2, -0.15) is 13.2 Å². The van der Waals surface area contributed by atoms with E-state index in [1.165, 1.54) is 0 Å². The number of halogens is 3. The highest BCUT2D eigenvalue weighted by atomic mass is 19.4. The number of likely N-dealkylation sites (tertiary alicyclic amines) is 1. The van der Waals surface area contributed by atoms with E-state index < -0.39 is 12.1 Å². The van der Waals surface area contributed by atoms with Gasteiger partial charge in [0.1, 0.15) is 0 Å². The normalized spacial score (nSPS) is 37.0. The zero-order valence-corrected chi connectivity index (χ0v) is 12.3. The average molecular weight is 292 g/mol. The molecule has 4 atom stereocenters. The molecule has 0 radical (unpaired) electrons. The minimum Gasteiger partial charge on any atom is -0.329 e. The number of hydrogen-bond acceptors (Lipinski definition) is 2. The molecule has 1 aliphatic carbocycles. The molecule has 0 spiro atoms. The second kappa shape index (κ2) is 6.65. The number of nitrogens with zero attached hydrogens (tertiary/aromatic N) is 1. The first kappa shape index (κ1) is 16.1. The summed E-state index contributed by atoms with van der Waals surface area (Å²) < 4.78 is 38.8. The van der Waals surface area contributed by atoms with Gasteiger partial charge >= 0.3 is 6.18 Å². The summed E-state index contributed by atoms with van der Waals surface area (Å²) in [6, 6.07) is 0.368. The van der Waals surface area contributed by atoms with Crippen molar-refractivity contribution in [3.8, 4) is 0 Å². The lowest BCUT2D eigenvalue weighted by molar-refractivity contribution is -0.188. The summed E-state index contributed by atoms with van der Waals surface area (Å²) in [4.78, 5) is 2.30. The SMILES string of the molecule is CCC1CCN(C2CCCC(C(F)(F)F)C2)C(CN)C1. The van der Waals surface area contributed by atoms with Gasteiger partial charge in [-0.15, -0.1) is 0 Å². The van der Waals surface area contributed by atoms with Gasteiger partial charge in [0.05, 0.1) is 5.92 Å². The Morgan fingerprint density at radius 2 is 1.90 bits per heavy atom. The fourth-order valence-electron chi connectivity index (χ4n) is 4.00. The molecule has 0 aromatic heterocycles. The van der Waals surface area contributed by atoms with Crippen LogP contribution < -0.4 is 5.73 Å². The highest BCUT2D eigenvalue weighted by molar-refractivity contribution is 4.90. The molecule has 2 fully saturated rings. The minimum absolute atomic E-state index is 0.0849. The van der Waals surface area contributed by atoms with Crippen LogP contribution in [0, 0.1) is 11.8 Å². The molecule has 1 saturated heterocycles. The van der Waals surface area contributed by atoms with E-state index in [1.54, 1.807) is 0 Å². The van der Waals surface area contributed by atoms with Gasteiger partial charge in [-0.25, -0.2) is 0 Å². The van der Waals surface area contributed by atoms with Crippen LogP contribution in [0.25, 0.3) is 0 Å². The van der Waals surface area contributed by atoms with Crippen molar-refractivity contribution < 1.29 is 13.2 Å². The molecule has 5 heteroatoms. The van der Waals surface area contributed by atoms with E-state index in [0.717, 1.165) is 32.2 Å². The molecule has 1 heterocycles. The average Bonchev–Trinajstić information content (AvgIpc) is 2.45. The molecule has 2 rings (SSSR count). The molecule has 2 nitrogen and oxygen atoms in total. The summed E-state index contributed by atoms with van der Waals surface area (Å²) in [5.74, 6) is -0.412. The molecule has 20 heavy (non-hydrogen) atoms. The van der Waals surface area contributed by atoms with Crippen LogP contribution >= 0.6 is 0 Å². The molecule has 0 bridgehead atoms. The van der Waals surface area contributed by atoms with Crippen molar-refractivity contribution >= 4 is 0 Å². The molecule has 2 aliphatic rings. The maximum Gasteiger partial charge on any atom is 0.391 e. The smallest absolute Gasteiger partial charge is 0.329 e. The van der Waals surface area contributed by atoms with Crippen molar-refractivity contribution in [1.29, 1.82) is 0 Å². The number of nitrogens with two attached hydrogens (primary N) is 1. The van der Waals surface area contributed by atoms with Crippen LogP contribution in [0.5, 0.6) is 0 Å². The molecule has 4 unspecified atom stereocenters. The Morgan fingerprint density at radius 1 is 1.15 bits per heavy atom. The van der Waals surface area contributed by atoms with E-state index in [-0.39, 0.29) is 18.5 Å². The van der Waals surface area contributed by atoms with Crippen molar-refractivity contribution in [2.75, 3.05) is 13.1 Å². The quantitative estimate of drug-likeness (QED) is 0.862. The van der Waals surface area contributed by atoms with Gasteiger partial charge in [-0.1, -0.05) is 19.8 Å². The number of piperidine rings is 1. The van der Waals surface area contributed by atoms with E-state index in [0.29, 0.717) is 25.3 Å². The number of rotatable bonds is 3. The summed E-state index contributed by atoms with van der Waals surface area (Å²) in [5, 5.41) is 0. The standard InChI is InChI=1S/C15H27F3N2/c1-2-11-6-7-20(14(8-11)10-19)13-5-3-4-12(9-13)15(16,17)18/h11-14H,2-10,19H2,1H3. The minimum atomic E-state index is -4.03. The Bertz CT molecular complexity index is 306. The van der Waals surface area contributed by atoms with Gasteiger partial charge in [0, 0.05) is 18.6 Å². The van der Waals surface area contributed by atoms with E-state index in [9.17, 15) is 13.2 Å². The topological polar surface area (TPSA) is 29.3 Å². The van der Waals surface area contributed by atoms with Crippen LogP contribution in [-0.2, 0) is 0 Å². The fraction of sp³-hybridized carbons (Fsp3) is 1.00. The van der Waals surface area contributed by atoms with Crippen molar-refractivity contribution in [3.05, 3.63) is 0 Å². The highest BCUT2D eigenvalue weighted by Gasteiger charge is 2.44. The van der Waals surface area contributed by atoms with Crippen LogP contribution in [0.1, 0.15) is 51.9 Å². The van der Waals surface area contributed by atoms with Crippen LogP contribution in [0.15, 0.2) is 0 Å². The largest absolute Gasteiger partial charge is 0.391 e. The van der Waals surface area contributed by atoms with Gasteiger partial charge in [0.2, 0.25) is 0 Å². The first-order valence-corrected chi connectivity index (χ1v) is 7.98. The van der Waals surface area contributed by atoms with E-state index in [4.69, 9.17) is 5.73 Å². The monoisotopic (exact) mass is 292 g/mol. The Kier molecular flexibility index (Phi) is 5.35. The summed E-state index contributed by atoms with van der Waals surface area (Å²) in [7, 11) is 0. The molecule has 1 aliphatic heterocycles. The third-order valence-corrected chi connectivity index (χ3v) is 5.30. The molecule has 0 aromatic carbocycles. The first-order chi connectivity index (χ1) is 9.45. The molecule has 0 aromatic rings. The summed E-state index contributed by atoms with van der Waals surface area (Å²) in [5.41, 5.74) is 5.87. The zero-order chi connectivity index (χ0) is 14.8. The van der Waals surface area contributed by atoms with Gasteiger partial charge in [-0.3, -0.25) is 4.90 Å². The van der Waals surface area contributed by atoms with E-state index >= 15 is 0 Å². The molecule has 2 N–H and O–H groups in total. The summed E-state index contributed by atoms with van der Waals surface area (Å²) in [6.45, 7) is 3.69. The van der Waals surface area contributed by atoms with E-state index in [1.807, 2.05) is 0 Å². The second-order valence-corrected chi connectivity index (χ2v) is 6.48. The first-order valence-electron chi connectivity index (χ1n) is 7.98. The van der Waals surface area contributed by atoms with Crippen LogP contribution in [-0.4, -0.2) is 36.2 Å².